The number of carbonyl (C=O) groups excluding carboxylic acids is 1. The molecule has 1 aromatic heterocycles. The molecule has 0 spiro atoms. The van der Waals surface area contributed by atoms with Crippen molar-refractivity contribution in [2.45, 2.75) is 20.8 Å². The molecule has 6 heteroatoms. The summed E-state index contributed by atoms with van der Waals surface area (Å²) in [4.78, 5) is 21.9. The molecule has 0 saturated heterocycles. The van der Waals surface area contributed by atoms with Gasteiger partial charge in [0, 0.05) is 20.6 Å². The van der Waals surface area contributed by atoms with Gasteiger partial charge in [0.25, 0.3) is 0 Å². The van der Waals surface area contributed by atoms with E-state index in [0.29, 0.717) is 30.8 Å². The van der Waals surface area contributed by atoms with E-state index in [1.807, 2.05) is 18.9 Å². The largest absolute Gasteiger partial charge is 0.476 e. The van der Waals surface area contributed by atoms with Crippen LogP contribution >= 0.6 is 0 Å². The number of aromatic nitrogens is 2. The Balaban J connectivity index is 2.66. The van der Waals surface area contributed by atoms with Crippen LogP contribution in [0.5, 0.6) is 5.88 Å². The van der Waals surface area contributed by atoms with Gasteiger partial charge in [-0.1, -0.05) is 20.8 Å². The summed E-state index contributed by atoms with van der Waals surface area (Å²) in [6.45, 7) is 7.21. The van der Waals surface area contributed by atoms with Crippen LogP contribution in [0.25, 0.3) is 0 Å². The van der Waals surface area contributed by atoms with E-state index in [4.69, 9.17) is 4.74 Å². The third-order valence-corrected chi connectivity index (χ3v) is 2.80. The SMILES string of the molecule is CNC(=O)[C@@H](C)CN(C)c1cncc(OCC(C)C)n1. The molecule has 0 aromatic carbocycles. The zero-order valence-electron chi connectivity index (χ0n) is 12.9. The third kappa shape index (κ3) is 5.03. The fourth-order valence-electron chi connectivity index (χ4n) is 1.68. The van der Waals surface area contributed by atoms with Gasteiger partial charge in [-0.15, -0.1) is 0 Å². The Morgan fingerprint density at radius 1 is 1.40 bits per heavy atom. The number of nitrogens with zero attached hydrogens (tertiary/aromatic N) is 3. The second-order valence-electron chi connectivity index (χ2n) is 5.32. The molecule has 0 saturated carbocycles. The van der Waals surface area contributed by atoms with Crippen LogP contribution in [0.4, 0.5) is 5.82 Å². The van der Waals surface area contributed by atoms with Crippen molar-refractivity contribution in [3.63, 3.8) is 0 Å². The zero-order chi connectivity index (χ0) is 15.1. The van der Waals surface area contributed by atoms with Crippen molar-refractivity contribution in [1.82, 2.24) is 15.3 Å². The highest BCUT2D eigenvalue weighted by atomic mass is 16.5. The molecule has 0 radical (unpaired) electrons. The van der Waals surface area contributed by atoms with E-state index in [1.165, 1.54) is 0 Å². The Kier molecular flexibility index (Phi) is 6.21. The quantitative estimate of drug-likeness (QED) is 0.816. The molecule has 1 aromatic rings. The number of nitrogens with one attached hydrogen (secondary N) is 1. The maximum Gasteiger partial charge on any atom is 0.234 e. The van der Waals surface area contributed by atoms with Gasteiger partial charge in [-0.25, -0.2) is 0 Å². The van der Waals surface area contributed by atoms with Gasteiger partial charge >= 0.3 is 0 Å². The summed E-state index contributed by atoms with van der Waals surface area (Å²) in [7, 11) is 3.52. The summed E-state index contributed by atoms with van der Waals surface area (Å²) in [5.41, 5.74) is 0. The number of carbonyl (C=O) groups is 1. The van der Waals surface area contributed by atoms with E-state index in [-0.39, 0.29) is 11.8 Å². The maximum atomic E-state index is 11.5. The van der Waals surface area contributed by atoms with E-state index in [9.17, 15) is 4.79 Å². The highest BCUT2D eigenvalue weighted by Gasteiger charge is 2.15. The highest BCUT2D eigenvalue weighted by molar-refractivity contribution is 5.78. The molecule has 1 heterocycles. The summed E-state index contributed by atoms with van der Waals surface area (Å²) in [5.74, 6) is 1.54. The first kappa shape index (κ1) is 16.2. The van der Waals surface area contributed by atoms with Crippen LogP contribution in [0.15, 0.2) is 12.4 Å². The first-order chi connectivity index (χ1) is 9.43. The van der Waals surface area contributed by atoms with Crippen LogP contribution in [0.1, 0.15) is 20.8 Å². The molecule has 112 valence electrons. The first-order valence-electron chi connectivity index (χ1n) is 6.81. The number of ether oxygens (including phenoxy) is 1. The van der Waals surface area contributed by atoms with Crippen molar-refractivity contribution in [1.29, 1.82) is 0 Å². The van der Waals surface area contributed by atoms with Gasteiger partial charge in [0.15, 0.2) is 5.82 Å². The molecule has 1 amide bonds. The van der Waals surface area contributed by atoms with Crippen LogP contribution in [-0.2, 0) is 4.79 Å². The Bertz CT molecular complexity index is 437. The minimum Gasteiger partial charge on any atom is -0.476 e. The molecule has 1 rings (SSSR count). The lowest BCUT2D eigenvalue weighted by Crippen LogP contribution is -2.34. The molecule has 20 heavy (non-hydrogen) atoms. The number of rotatable bonds is 7. The summed E-state index contributed by atoms with van der Waals surface area (Å²) >= 11 is 0. The summed E-state index contributed by atoms with van der Waals surface area (Å²) in [6, 6.07) is 0. The molecular weight excluding hydrogens is 256 g/mol. The van der Waals surface area contributed by atoms with Crippen molar-refractivity contribution < 1.29 is 9.53 Å². The van der Waals surface area contributed by atoms with E-state index in [2.05, 4.69) is 29.1 Å². The standard InChI is InChI=1S/C14H24N4O2/c1-10(2)9-20-13-7-16-6-12(17-13)18(5)8-11(3)14(19)15-4/h6-7,10-11H,8-9H2,1-5H3,(H,15,19)/t11-/m0/s1. The Morgan fingerprint density at radius 3 is 2.70 bits per heavy atom. The van der Waals surface area contributed by atoms with Gasteiger partial charge < -0.3 is 15.0 Å². The Labute approximate surface area is 120 Å². The summed E-state index contributed by atoms with van der Waals surface area (Å²) in [5, 5.41) is 2.64. The molecule has 1 atom stereocenters. The fourth-order valence-corrected chi connectivity index (χ4v) is 1.68. The van der Waals surface area contributed by atoms with Crippen molar-refractivity contribution in [3.8, 4) is 5.88 Å². The second-order valence-corrected chi connectivity index (χ2v) is 5.32. The first-order valence-corrected chi connectivity index (χ1v) is 6.81. The second kappa shape index (κ2) is 7.67. The van der Waals surface area contributed by atoms with Crippen LogP contribution in [0.3, 0.4) is 0 Å². The minimum atomic E-state index is -0.118. The Hall–Kier alpha value is -1.85. The highest BCUT2D eigenvalue weighted by Crippen LogP contribution is 2.14. The van der Waals surface area contributed by atoms with E-state index in [1.54, 1.807) is 19.4 Å². The summed E-state index contributed by atoms with van der Waals surface area (Å²) < 4.78 is 5.55. The molecule has 6 nitrogen and oxygen atoms in total. The summed E-state index contributed by atoms with van der Waals surface area (Å²) in [6.07, 6.45) is 3.26. The molecule has 0 bridgehead atoms. The zero-order valence-corrected chi connectivity index (χ0v) is 12.9. The smallest absolute Gasteiger partial charge is 0.234 e. The van der Waals surface area contributed by atoms with Crippen LogP contribution in [-0.4, -0.2) is 43.1 Å². The molecule has 0 aliphatic carbocycles. The van der Waals surface area contributed by atoms with Gasteiger partial charge in [-0.3, -0.25) is 9.78 Å². The van der Waals surface area contributed by atoms with Crippen molar-refractivity contribution in [3.05, 3.63) is 12.4 Å². The lowest BCUT2D eigenvalue weighted by atomic mass is 10.1. The van der Waals surface area contributed by atoms with Crippen LogP contribution < -0.4 is 15.0 Å². The van der Waals surface area contributed by atoms with Crippen molar-refractivity contribution >= 4 is 11.7 Å². The average Bonchev–Trinajstić information content (AvgIpc) is 2.44. The molecule has 1 N–H and O–H groups in total. The predicted molar refractivity (Wildman–Crippen MR) is 78.9 cm³/mol. The van der Waals surface area contributed by atoms with Crippen LogP contribution in [0, 0.1) is 11.8 Å². The lowest BCUT2D eigenvalue weighted by Gasteiger charge is -2.21. The van der Waals surface area contributed by atoms with Crippen LogP contribution in [0.2, 0.25) is 0 Å². The molecular formula is C14H24N4O2. The van der Waals surface area contributed by atoms with E-state index in [0.717, 1.165) is 0 Å². The minimum absolute atomic E-state index is 0.0111. The monoisotopic (exact) mass is 280 g/mol. The molecule has 0 unspecified atom stereocenters. The number of hydrogen-bond donors (Lipinski definition) is 1. The van der Waals surface area contributed by atoms with Gasteiger partial charge in [0.2, 0.25) is 11.8 Å². The number of anilines is 1. The molecule has 0 fully saturated rings. The Morgan fingerprint density at radius 2 is 2.10 bits per heavy atom. The lowest BCUT2D eigenvalue weighted by molar-refractivity contribution is -0.123. The normalized spacial score (nSPS) is 12.1. The van der Waals surface area contributed by atoms with E-state index >= 15 is 0 Å². The number of amides is 1. The maximum absolute atomic E-state index is 11.5. The third-order valence-electron chi connectivity index (χ3n) is 2.80. The van der Waals surface area contributed by atoms with Gasteiger partial charge in [-0.2, -0.15) is 4.98 Å². The predicted octanol–water partition coefficient (Wildman–Crippen LogP) is 1.33. The van der Waals surface area contributed by atoms with Gasteiger partial charge in [0.1, 0.15) is 0 Å². The topological polar surface area (TPSA) is 67.4 Å². The average molecular weight is 280 g/mol. The number of hydrogen-bond acceptors (Lipinski definition) is 5. The van der Waals surface area contributed by atoms with Gasteiger partial charge in [-0.05, 0) is 5.92 Å². The van der Waals surface area contributed by atoms with Crippen molar-refractivity contribution in [2.24, 2.45) is 11.8 Å². The fraction of sp³-hybridized carbons (Fsp3) is 0.643. The van der Waals surface area contributed by atoms with Crippen molar-refractivity contribution in [2.75, 3.05) is 32.1 Å². The molecule has 0 aliphatic heterocycles. The van der Waals surface area contributed by atoms with Gasteiger partial charge in [0.05, 0.1) is 24.9 Å². The molecule has 0 aliphatic rings. The van der Waals surface area contributed by atoms with E-state index < -0.39 is 0 Å².